The number of carbonyl (C=O) groups excluding carboxylic acids is 1. The van der Waals surface area contributed by atoms with Gasteiger partial charge in [-0.1, -0.05) is 24.3 Å². The summed E-state index contributed by atoms with van der Waals surface area (Å²) in [7, 11) is -4.10. The van der Waals surface area contributed by atoms with Crippen molar-refractivity contribution in [2.24, 2.45) is 0 Å². The number of rotatable bonds is 7. The van der Waals surface area contributed by atoms with Crippen LogP contribution in [0.25, 0.3) is 11.3 Å². The van der Waals surface area contributed by atoms with Crippen LogP contribution in [0.5, 0.6) is 5.88 Å². The number of hydroxylamine groups is 1. The average molecular weight is 560 g/mol. The fourth-order valence-electron chi connectivity index (χ4n) is 6.30. The summed E-state index contributed by atoms with van der Waals surface area (Å²) >= 11 is 0. The Morgan fingerprint density at radius 2 is 1.82 bits per heavy atom. The van der Waals surface area contributed by atoms with Crippen molar-refractivity contribution in [2.75, 3.05) is 19.7 Å². The molecule has 10 nitrogen and oxygen atoms in total. The number of hydrogen-bond acceptors (Lipinski definition) is 8. The van der Waals surface area contributed by atoms with E-state index in [-0.39, 0.29) is 31.8 Å². The molecule has 2 aliphatic heterocycles. The monoisotopic (exact) mass is 559 g/mol. The predicted octanol–water partition coefficient (Wildman–Crippen LogP) is 3.52. The molecule has 0 radical (unpaired) electrons. The second-order valence-corrected chi connectivity index (χ2v) is 13.4. The molecular formula is C28H37N3O7S. The van der Waals surface area contributed by atoms with Crippen molar-refractivity contribution in [3.8, 4) is 17.1 Å². The van der Waals surface area contributed by atoms with E-state index in [9.17, 15) is 18.4 Å². The fraction of sp³-hybridized carbons (Fsp3) is 0.571. The highest BCUT2D eigenvalue weighted by atomic mass is 32.2. The van der Waals surface area contributed by atoms with Gasteiger partial charge in [0.05, 0.1) is 24.5 Å². The van der Waals surface area contributed by atoms with Crippen LogP contribution < -0.4 is 10.2 Å². The highest BCUT2D eigenvalue weighted by Gasteiger charge is 2.64. The first-order valence-electron chi connectivity index (χ1n) is 13.5. The van der Waals surface area contributed by atoms with Crippen LogP contribution in [0.15, 0.2) is 36.4 Å². The number of nitrogens with one attached hydrogen (secondary N) is 1. The SMILES string of the molecule is CCOc1cccc(-c2ccc(C3CCN(S(=O)(=O)[C@@]4(C(=O)NO)C[C@@H]5OC(C)(C)O[C@@H]5C4)CC3)cc2C)n1. The number of aryl methyl sites for hydroxylation is 1. The normalized spacial score (nSPS) is 27.3. The summed E-state index contributed by atoms with van der Waals surface area (Å²) < 4.78 is 44.7. The van der Waals surface area contributed by atoms with Gasteiger partial charge in [-0.2, -0.15) is 0 Å². The van der Waals surface area contributed by atoms with Crippen LogP contribution in [0.2, 0.25) is 0 Å². The maximum atomic E-state index is 13.9. The topological polar surface area (TPSA) is 127 Å². The standard InChI is InChI=1S/C28H37N3O7S/c1-5-36-25-8-6-7-22(29-25)21-10-9-20(15-18(21)2)19-11-13-31(14-12-19)39(34,35)28(26(32)30-33)16-23-24(17-28)38-27(3,4)37-23/h6-10,15,19,23-24,33H,5,11-14,16-17H2,1-4H3,(H,30,32)/t23-,24+,28-. The van der Waals surface area contributed by atoms with E-state index in [4.69, 9.17) is 14.2 Å². The molecule has 0 unspecified atom stereocenters. The number of hydrogen-bond donors (Lipinski definition) is 2. The zero-order valence-corrected chi connectivity index (χ0v) is 23.7. The summed E-state index contributed by atoms with van der Waals surface area (Å²) in [5.74, 6) is -0.996. The van der Waals surface area contributed by atoms with Crippen molar-refractivity contribution in [1.82, 2.24) is 14.8 Å². The lowest BCUT2D eigenvalue weighted by molar-refractivity contribution is -0.157. The van der Waals surface area contributed by atoms with Crippen LogP contribution >= 0.6 is 0 Å². The molecule has 11 heteroatoms. The van der Waals surface area contributed by atoms with Crippen molar-refractivity contribution in [1.29, 1.82) is 0 Å². The lowest BCUT2D eigenvalue weighted by Crippen LogP contribution is -2.57. The van der Waals surface area contributed by atoms with Crippen molar-refractivity contribution in [3.63, 3.8) is 0 Å². The number of nitrogens with zero attached hydrogens (tertiary/aromatic N) is 2. The summed E-state index contributed by atoms with van der Waals surface area (Å²) in [6, 6.07) is 12.0. The minimum Gasteiger partial charge on any atom is -0.478 e. The highest BCUT2D eigenvalue weighted by Crippen LogP contribution is 2.48. The van der Waals surface area contributed by atoms with Gasteiger partial charge in [0.15, 0.2) is 10.5 Å². The molecule has 1 aliphatic carbocycles. The van der Waals surface area contributed by atoms with Gasteiger partial charge in [-0.15, -0.1) is 0 Å². The molecule has 0 bridgehead atoms. The van der Waals surface area contributed by atoms with Gasteiger partial charge in [0.25, 0.3) is 5.91 Å². The van der Waals surface area contributed by atoms with E-state index in [0.717, 1.165) is 22.4 Å². The maximum Gasteiger partial charge on any atom is 0.266 e. The van der Waals surface area contributed by atoms with Gasteiger partial charge < -0.3 is 14.2 Å². The summed E-state index contributed by atoms with van der Waals surface area (Å²) in [5, 5.41) is 9.48. The molecule has 3 heterocycles. The average Bonchev–Trinajstić information content (AvgIpc) is 3.40. The molecule has 2 saturated heterocycles. The number of sulfonamides is 1. The van der Waals surface area contributed by atoms with Crippen LogP contribution in [-0.4, -0.2) is 71.3 Å². The zero-order chi connectivity index (χ0) is 28.0. The lowest BCUT2D eigenvalue weighted by atomic mass is 9.88. The Kier molecular flexibility index (Phi) is 7.49. The summed E-state index contributed by atoms with van der Waals surface area (Å²) in [5.41, 5.74) is 5.71. The van der Waals surface area contributed by atoms with Crippen LogP contribution in [0, 0.1) is 6.92 Å². The Morgan fingerprint density at radius 3 is 2.41 bits per heavy atom. The Balaban J connectivity index is 1.30. The molecule has 2 N–H and O–H groups in total. The van der Waals surface area contributed by atoms with E-state index in [1.165, 1.54) is 4.31 Å². The van der Waals surface area contributed by atoms with Gasteiger partial charge >= 0.3 is 0 Å². The molecular weight excluding hydrogens is 522 g/mol. The molecule has 5 rings (SSSR count). The van der Waals surface area contributed by atoms with Crippen LogP contribution in [0.1, 0.15) is 63.5 Å². The van der Waals surface area contributed by atoms with Crippen LogP contribution in [0.4, 0.5) is 0 Å². The second kappa shape index (κ2) is 10.4. The van der Waals surface area contributed by atoms with E-state index >= 15 is 0 Å². The first kappa shape index (κ1) is 28.0. The number of ether oxygens (including phenoxy) is 3. The largest absolute Gasteiger partial charge is 0.478 e. The first-order chi connectivity index (χ1) is 18.5. The molecule has 3 atom stereocenters. The summed E-state index contributed by atoms with van der Waals surface area (Å²) in [6.45, 7) is 8.63. The van der Waals surface area contributed by atoms with Gasteiger partial charge in [-0.05, 0) is 63.6 Å². The number of piperidine rings is 1. The third-order valence-corrected chi connectivity index (χ3v) is 10.7. The molecule has 1 aromatic heterocycles. The minimum atomic E-state index is -4.10. The van der Waals surface area contributed by atoms with Crippen molar-refractivity contribution in [3.05, 3.63) is 47.5 Å². The molecule has 0 spiro atoms. The van der Waals surface area contributed by atoms with Crippen molar-refractivity contribution >= 4 is 15.9 Å². The zero-order valence-electron chi connectivity index (χ0n) is 22.8. The number of amides is 1. The number of benzene rings is 1. The number of aromatic nitrogens is 1. The summed E-state index contributed by atoms with van der Waals surface area (Å²) in [6.07, 6.45) is 0.0633. The molecule has 3 aliphatic rings. The first-order valence-corrected chi connectivity index (χ1v) is 14.9. The number of carbonyl (C=O) groups is 1. The summed E-state index contributed by atoms with van der Waals surface area (Å²) in [4.78, 5) is 17.5. The fourth-order valence-corrected chi connectivity index (χ4v) is 8.52. The molecule has 1 amide bonds. The van der Waals surface area contributed by atoms with E-state index in [0.29, 0.717) is 25.3 Å². The van der Waals surface area contributed by atoms with Crippen LogP contribution in [0.3, 0.4) is 0 Å². The van der Waals surface area contributed by atoms with Gasteiger partial charge in [-0.3, -0.25) is 10.0 Å². The minimum absolute atomic E-state index is 0.0606. The van der Waals surface area contributed by atoms with Gasteiger partial charge in [-0.25, -0.2) is 23.2 Å². The highest BCUT2D eigenvalue weighted by molar-refractivity contribution is 7.91. The third kappa shape index (κ3) is 5.06. The third-order valence-electron chi connectivity index (χ3n) is 8.16. The lowest BCUT2D eigenvalue weighted by Gasteiger charge is -2.38. The molecule has 212 valence electrons. The van der Waals surface area contributed by atoms with Gasteiger partial charge in [0.1, 0.15) is 0 Å². The molecule has 39 heavy (non-hydrogen) atoms. The van der Waals surface area contributed by atoms with Gasteiger partial charge in [0, 0.05) is 37.6 Å². The molecule has 1 aromatic carbocycles. The second-order valence-electron chi connectivity index (χ2n) is 11.1. The predicted molar refractivity (Wildman–Crippen MR) is 144 cm³/mol. The van der Waals surface area contributed by atoms with E-state index in [1.54, 1.807) is 19.3 Å². The smallest absolute Gasteiger partial charge is 0.266 e. The Labute approximate surface area is 229 Å². The number of pyridine rings is 1. The molecule has 1 saturated carbocycles. The van der Waals surface area contributed by atoms with E-state index in [1.807, 2.05) is 32.0 Å². The Bertz CT molecular complexity index is 1320. The van der Waals surface area contributed by atoms with Crippen molar-refractivity contribution < 1.29 is 32.6 Å². The maximum absolute atomic E-state index is 13.9. The van der Waals surface area contributed by atoms with Crippen molar-refractivity contribution in [2.45, 2.75) is 82.0 Å². The molecule has 3 fully saturated rings. The van der Waals surface area contributed by atoms with Gasteiger partial charge in [0.2, 0.25) is 15.9 Å². The Hall–Kier alpha value is -2.57. The van der Waals surface area contributed by atoms with E-state index < -0.39 is 38.7 Å². The quantitative estimate of drug-likeness (QED) is 0.390. The Morgan fingerprint density at radius 1 is 1.15 bits per heavy atom. The van der Waals surface area contributed by atoms with Crippen LogP contribution in [-0.2, 0) is 24.3 Å². The van der Waals surface area contributed by atoms with E-state index in [2.05, 4.69) is 23.2 Å². The number of fused-ring (bicyclic) bond motifs is 1. The molecule has 2 aromatic rings.